The van der Waals surface area contributed by atoms with E-state index < -0.39 is 17.9 Å². The number of hydrogen-bond donors (Lipinski definition) is 1. The predicted molar refractivity (Wildman–Crippen MR) is 57.6 cm³/mol. The van der Waals surface area contributed by atoms with Gasteiger partial charge < -0.3 is 14.4 Å². The van der Waals surface area contributed by atoms with E-state index in [0.717, 1.165) is 0 Å². The molecule has 0 bridgehead atoms. The topological polar surface area (TPSA) is 89.6 Å². The van der Waals surface area contributed by atoms with E-state index in [2.05, 4.69) is 9.89 Å². The van der Waals surface area contributed by atoms with Gasteiger partial charge in [0.25, 0.3) is 0 Å². The van der Waals surface area contributed by atoms with Crippen molar-refractivity contribution in [1.29, 1.82) is 0 Å². The van der Waals surface area contributed by atoms with Crippen molar-refractivity contribution in [2.75, 3.05) is 7.11 Å². The second-order valence-electron chi connectivity index (χ2n) is 3.81. The molecule has 0 aliphatic carbocycles. The van der Waals surface area contributed by atoms with Crippen LogP contribution in [0.4, 0.5) is 0 Å². The summed E-state index contributed by atoms with van der Waals surface area (Å²) in [6.45, 7) is 3.42. The van der Waals surface area contributed by atoms with Crippen LogP contribution in [0.2, 0.25) is 0 Å². The molecule has 1 heterocycles. The van der Waals surface area contributed by atoms with E-state index in [4.69, 9.17) is 9.63 Å². The summed E-state index contributed by atoms with van der Waals surface area (Å²) in [6, 6.07) is 0. The van der Waals surface area contributed by atoms with Gasteiger partial charge in [0.1, 0.15) is 5.76 Å². The van der Waals surface area contributed by atoms with Crippen molar-refractivity contribution in [1.82, 2.24) is 5.16 Å². The van der Waals surface area contributed by atoms with Crippen molar-refractivity contribution >= 4 is 11.9 Å². The minimum atomic E-state index is -0.973. The van der Waals surface area contributed by atoms with Crippen molar-refractivity contribution in [3.8, 4) is 0 Å². The van der Waals surface area contributed by atoms with Gasteiger partial charge in [-0.05, 0) is 13.8 Å². The summed E-state index contributed by atoms with van der Waals surface area (Å²) in [7, 11) is 1.27. The maximum Gasteiger partial charge on any atom is 0.306 e. The Kier molecular flexibility index (Phi) is 4.25. The molecule has 0 aromatic carbocycles. The zero-order chi connectivity index (χ0) is 13.0. The van der Waals surface area contributed by atoms with Crippen LogP contribution in [0.3, 0.4) is 0 Å². The Morgan fingerprint density at radius 2 is 2.06 bits per heavy atom. The van der Waals surface area contributed by atoms with E-state index >= 15 is 0 Å². The number of carboxylic acid groups (broad SMARTS) is 1. The van der Waals surface area contributed by atoms with Gasteiger partial charge in [0, 0.05) is 11.5 Å². The van der Waals surface area contributed by atoms with E-state index in [0.29, 0.717) is 17.0 Å². The molecule has 0 fully saturated rings. The van der Waals surface area contributed by atoms with E-state index in [1.54, 1.807) is 13.8 Å². The summed E-state index contributed by atoms with van der Waals surface area (Å²) >= 11 is 0. The fraction of sp³-hybridized carbons (Fsp3) is 0.545. The van der Waals surface area contributed by atoms with E-state index in [-0.39, 0.29) is 12.8 Å². The smallest absolute Gasteiger partial charge is 0.306 e. The molecule has 0 amide bonds. The molecule has 6 nitrogen and oxygen atoms in total. The first-order valence-corrected chi connectivity index (χ1v) is 5.17. The first-order valence-electron chi connectivity index (χ1n) is 5.17. The zero-order valence-electron chi connectivity index (χ0n) is 10.0. The highest BCUT2D eigenvalue weighted by Crippen LogP contribution is 2.29. The molecule has 0 aliphatic rings. The number of carbonyl (C=O) groups is 2. The van der Waals surface area contributed by atoms with Crippen LogP contribution in [0.15, 0.2) is 4.52 Å². The molecule has 1 unspecified atom stereocenters. The quantitative estimate of drug-likeness (QED) is 0.784. The van der Waals surface area contributed by atoms with Crippen molar-refractivity contribution < 1.29 is 24.0 Å². The molecule has 0 aliphatic heterocycles. The standard InChI is InChI=1S/C11H15NO5/c1-6-11(7(2)17-12-6)8(4-9(13)14)5-10(15)16-3/h8H,4-5H2,1-3H3,(H,13,14). The van der Waals surface area contributed by atoms with E-state index in [1.807, 2.05) is 0 Å². The Labute approximate surface area is 98.5 Å². The number of rotatable bonds is 5. The molecular formula is C11H15NO5. The van der Waals surface area contributed by atoms with Gasteiger partial charge in [-0.3, -0.25) is 9.59 Å². The SMILES string of the molecule is COC(=O)CC(CC(=O)O)c1c(C)noc1C. The summed E-state index contributed by atoms with van der Waals surface area (Å²) in [5, 5.41) is 12.6. The van der Waals surface area contributed by atoms with Gasteiger partial charge in [-0.25, -0.2) is 0 Å². The molecule has 6 heteroatoms. The Balaban J connectivity index is 2.97. The lowest BCUT2D eigenvalue weighted by Crippen LogP contribution is -2.13. The van der Waals surface area contributed by atoms with Gasteiger partial charge in [0.15, 0.2) is 0 Å². The van der Waals surface area contributed by atoms with Crippen LogP contribution in [-0.2, 0) is 14.3 Å². The van der Waals surface area contributed by atoms with Crippen LogP contribution in [-0.4, -0.2) is 29.3 Å². The van der Waals surface area contributed by atoms with Crippen molar-refractivity contribution in [2.24, 2.45) is 0 Å². The molecule has 0 saturated carbocycles. The number of carboxylic acids is 1. The van der Waals surface area contributed by atoms with E-state index in [9.17, 15) is 9.59 Å². The summed E-state index contributed by atoms with van der Waals surface area (Å²) in [5.74, 6) is -1.35. The van der Waals surface area contributed by atoms with Crippen LogP contribution in [0.1, 0.15) is 35.8 Å². The number of aliphatic carboxylic acids is 1. The van der Waals surface area contributed by atoms with Gasteiger partial charge in [0.05, 0.1) is 25.6 Å². The molecule has 0 saturated heterocycles. The van der Waals surface area contributed by atoms with Crippen LogP contribution in [0.25, 0.3) is 0 Å². The first-order chi connectivity index (χ1) is 7.95. The minimum absolute atomic E-state index is 0.00565. The number of hydrogen-bond acceptors (Lipinski definition) is 5. The Morgan fingerprint density at radius 1 is 1.41 bits per heavy atom. The highest BCUT2D eigenvalue weighted by molar-refractivity contribution is 5.73. The van der Waals surface area contributed by atoms with E-state index in [1.165, 1.54) is 7.11 Å². The van der Waals surface area contributed by atoms with Crippen LogP contribution >= 0.6 is 0 Å². The van der Waals surface area contributed by atoms with Gasteiger partial charge >= 0.3 is 11.9 Å². The third-order valence-corrected chi connectivity index (χ3v) is 2.56. The number of ether oxygens (including phenoxy) is 1. The average molecular weight is 241 g/mol. The maximum atomic E-state index is 11.3. The Hall–Kier alpha value is -1.85. The molecule has 94 valence electrons. The highest BCUT2D eigenvalue weighted by Gasteiger charge is 2.25. The maximum absolute atomic E-state index is 11.3. The summed E-state index contributed by atoms with van der Waals surface area (Å²) in [4.78, 5) is 22.0. The van der Waals surface area contributed by atoms with Crippen molar-refractivity contribution in [2.45, 2.75) is 32.6 Å². The molecule has 1 aromatic heterocycles. The lowest BCUT2D eigenvalue weighted by atomic mass is 9.91. The van der Waals surface area contributed by atoms with Gasteiger partial charge in [-0.1, -0.05) is 5.16 Å². The highest BCUT2D eigenvalue weighted by atomic mass is 16.5. The molecule has 0 radical (unpaired) electrons. The predicted octanol–water partition coefficient (Wildman–Crippen LogP) is 1.41. The molecule has 1 rings (SSSR count). The summed E-state index contributed by atoms with van der Waals surface area (Å²) < 4.78 is 9.54. The van der Waals surface area contributed by atoms with Crippen LogP contribution < -0.4 is 0 Å². The molecule has 0 spiro atoms. The second kappa shape index (κ2) is 5.47. The fourth-order valence-corrected chi connectivity index (χ4v) is 1.84. The lowest BCUT2D eigenvalue weighted by molar-refractivity contribution is -0.141. The number of esters is 1. The molecule has 17 heavy (non-hydrogen) atoms. The summed E-state index contributed by atoms with van der Waals surface area (Å²) in [6.07, 6.45) is -0.149. The van der Waals surface area contributed by atoms with Crippen LogP contribution in [0, 0.1) is 13.8 Å². The number of methoxy groups -OCH3 is 1. The van der Waals surface area contributed by atoms with Gasteiger partial charge in [0.2, 0.25) is 0 Å². The first kappa shape index (κ1) is 13.2. The molecular weight excluding hydrogens is 226 g/mol. The number of aryl methyl sites for hydroxylation is 2. The normalized spacial score (nSPS) is 12.2. The number of aromatic nitrogens is 1. The summed E-state index contributed by atoms with van der Waals surface area (Å²) in [5.41, 5.74) is 1.29. The Bertz CT molecular complexity index is 404. The molecule has 1 aromatic rings. The lowest BCUT2D eigenvalue weighted by Gasteiger charge is -2.13. The van der Waals surface area contributed by atoms with Crippen LogP contribution in [0.5, 0.6) is 0 Å². The number of nitrogens with zero attached hydrogens (tertiary/aromatic N) is 1. The van der Waals surface area contributed by atoms with Crippen molar-refractivity contribution in [3.05, 3.63) is 17.0 Å². The third kappa shape index (κ3) is 3.30. The monoisotopic (exact) mass is 241 g/mol. The molecule has 1 atom stereocenters. The minimum Gasteiger partial charge on any atom is -0.481 e. The second-order valence-corrected chi connectivity index (χ2v) is 3.81. The van der Waals surface area contributed by atoms with Gasteiger partial charge in [-0.2, -0.15) is 0 Å². The number of carbonyl (C=O) groups excluding carboxylic acids is 1. The zero-order valence-corrected chi connectivity index (χ0v) is 10.0. The average Bonchev–Trinajstić information content (AvgIpc) is 2.56. The third-order valence-electron chi connectivity index (χ3n) is 2.56. The molecule has 1 N–H and O–H groups in total. The Morgan fingerprint density at radius 3 is 2.47 bits per heavy atom. The largest absolute Gasteiger partial charge is 0.481 e. The van der Waals surface area contributed by atoms with Gasteiger partial charge in [-0.15, -0.1) is 0 Å². The van der Waals surface area contributed by atoms with Crippen molar-refractivity contribution in [3.63, 3.8) is 0 Å². The fourth-order valence-electron chi connectivity index (χ4n) is 1.84.